The summed E-state index contributed by atoms with van der Waals surface area (Å²) in [6, 6.07) is 0.253. The second-order valence-electron chi connectivity index (χ2n) is 5.05. The van der Waals surface area contributed by atoms with Crippen LogP contribution in [0.1, 0.15) is 55.4 Å². The molecule has 0 radical (unpaired) electrons. The number of aromatic nitrogens is 2. The average Bonchev–Trinajstić information content (AvgIpc) is 2.72. The molecule has 1 saturated carbocycles. The minimum absolute atomic E-state index is 0.253. The van der Waals surface area contributed by atoms with E-state index in [1.165, 1.54) is 30.7 Å². The summed E-state index contributed by atoms with van der Waals surface area (Å²) in [4.78, 5) is 8.33. The van der Waals surface area contributed by atoms with Crippen molar-refractivity contribution in [2.45, 2.75) is 44.6 Å². The molecule has 17 heavy (non-hydrogen) atoms. The van der Waals surface area contributed by atoms with Gasteiger partial charge in [0.15, 0.2) is 0 Å². The Balaban J connectivity index is 1.81. The van der Waals surface area contributed by atoms with E-state index in [2.05, 4.69) is 17.2 Å². The van der Waals surface area contributed by atoms with Crippen molar-refractivity contribution in [1.29, 1.82) is 0 Å². The molecule has 4 heteroatoms. The molecule has 2 N–H and O–H groups in total. The van der Waals surface area contributed by atoms with Crippen molar-refractivity contribution < 1.29 is 4.74 Å². The number of aromatic amines is 1. The Kier molecular flexibility index (Phi) is 3.16. The van der Waals surface area contributed by atoms with Crippen LogP contribution in [0, 0.1) is 0 Å². The van der Waals surface area contributed by atoms with Crippen LogP contribution in [-0.2, 0) is 11.2 Å². The monoisotopic (exact) mass is 235 g/mol. The van der Waals surface area contributed by atoms with Crippen LogP contribution in [0.3, 0.4) is 0 Å². The first-order valence-corrected chi connectivity index (χ1v) is 6.78. The van der Waals surface area contributed by atoms with Crippen LogP contribution in [0.2, 0.25) is 0 Å². The highest BCUT2D eigenvalue weighted by atomic mass is 16.5. The number of ether oxygens (including phenoxy) is 1. The van der Waals surface area contributed by atoms with E-state index in [9.17, 15) is 0 Å². The van der Waals surface area contributed by atoms with E-state index < -0.39 is 0 Å². The Bertz CT molecular complexity index is 378. The second-order valence-corrected chi connectivity index (χ2v) is 5.05. The molecule has 2 heterocycles. The third kappa shape index (κ3) is 2.11. The summed E-state index contributed by atoms with van der Waals surface area (Å²) in [5, 5.41) is 3.46. The number of hydrogen-bond acceptors (Lipinski definition) is 3. The predicted octanol–water partition coefficient (Wildman–Crippen LogP) is 1.90. The van der Waals surface area contributed by atoms with Gasteiger partial charge in [-0.25, -0.2) is 4.98 Å². The molecule has 3 rings (SSSR count). The number of hydrogen-bond donors (Lipinski definition) is 2. The zero-order chi connectivity index (χ0) is 11.7. The maximum atomic E-state index is 5.50. The van der Waals surface area contributed by atoms with Crippen molar-refractivity contribution >= 4 is 0 Å². The first-order chi connectivity index (χ1) is 8.38. The Labute approximate surface area is 102 Å². The van der Waals surface area contributed by atoms with Gasteiger partial charge in [-0.05, 0) is 19.3 Å². The first kappa shape index (κ1) is 11.2. The van der Waals surface area contributed by atoms with Crippen molar-refractivity contribution in [3.63, 3.8) is 0 Å². The molecule has 4 nitrogen and oxygen atoms in total. The summed E-state index contributed by atoms with van der Waals surface area (Å²) in [5.41, 5.74) is 2.65. The fraction of sp³-hybridized carbons (Fsp3) is 0.769. The van der Waals surface area contributed by atoms with Gasteiger partial charge in [0.1, 0.15) is 5.82 Å². The summed E-state index contributed by atoms with van der Waals surface area (Å²) in [7, 11) is 0. The molecule has 2 aliphatic rings. The quantitative estimate of drug-likeness (QED) is 0.841. The van der Waals surface area contributed by atoms with Crippen LogP contribution in [0.5, 0.6) is 0 Å². The number of nitrogens with zero attached hydrogens (tertiary/aromatic N) is 1. The number of rotatable bonds is 3. The summed E-state index contributed by atoms with van der Waals surface area (Å²) >= 11 is 0. The van der Waals surface area contributed by atoms with Gasteiger partial charge in [0.25, 0.3) is 0 Å². The third-order valence-corrected chi connectivity index (χ3v) is 3.93. The van der Waals surface area contributed by atoms with Crippen LogP contribution >= 0.6 is 0 Å². The lowest BCUT2D eigenvalue weighted by Crippen LogP contribution is -2.35. The van der Waals surface area contributed by atoms with Crippen LogP contribution < -0.4 is 5.32 Å². The molecule has 0 bridgehead atoms. The minimum atomic E-state index is 0.253. The van der Waals surface area contributed by atoms with Crippen molar-refractivity contribution in [3.8, 4) is 0 Å². The van der Waals surface area contributed by atoms with Crippen molar-refractivity contribution in [2.24, 2.45) is 0 Å². The minimum Gasteiger partial charge on any atom is -0.378 e. The zero-order valence-corrected chi connectivity index (χ0v) is 10.5. The van der Waals surface area contributed by atoms with E-state index in [1.54, 1.807) is 0 Å². The Morgan fingerprint density at radius 3 is 2.88 bits per heavy atom. The molecule has 94 valence electrons. The van der Waals surface area contributed by atoms with Gasteiger partial charge in [-0.3, -0.25) is 0 Å². The fourth-order valence-electron chi connectivity index (χ4n) is 2.64. The SMILES string of the molecule is CCc1[nH]c(C2COCCN2)nc1C1CCC1. The number of morpholine rings is 1. The maximum Gasteiger partial charge on any atom is 0.126 e. The Morgan fingerprint density at radius 1 is 1.41 bits per heavy atom. The van der Waals surface area contributed by atoms with Crippen LogP contribution in [-0.4, -0.2) is 29.7 Å². The molecular weight excluding hydrogens is 214 g/mol. The predicted molar refractivity (Wildman–Crippen MR) is 66.1 cm³/mol. The van der Waals surface area contributed by atoms with Gasteiger partial charge < -0.3 is 15.0 Å². The van der Waals surface area contributed by atoms with Gasteiger partial charge in [0.05, 0.1) is 24.9 Å². The summed E-state index contributed by atoms with van der Waals surface area (Å²) in [6.07, 6.45) is 5.03. The van der Waals surface area contributed by atoms with Crippen LogP contribution in [0.15, 0.2) is 0 Å². The summed E-state index contributed by atoms with van der Waals surface area (Å²) in [5.74, 6) is 1.78. The van der Waals surface area contributed by atoms with Crippen molar-refractivity contribution in [3.05, 3.63) is 17.2 Å². The number of aryl methyl sites for hydroxylation is 1. The highest BCUT2D eigenvalue weighted by Crippen LogP contribution is 2.37. The lowest BCUT2D eigenvalue weighted by atomic mass is 9.82. The average molecular weight is 235 g/mol. The molecule has 1 aliphatic heterocycles. The van der Waals surface area contributed by atoms with Gasteiger partial charge in [-0.2, -0.15) is 0 Å². The number of imidazole rings is 1. The third-order valence-electron chi connectivity index (χ3n) is 3.93. The van der Waals surface area contributed by atoms with Crippen molar-refractivity contribution in [1.82, 2.24) is 15.3 Å². The molecule has 1 aliphatic carbocycles. The molecule has 2 fully saturated rings. The van der Waals surface area contributed by atoms with Gasteiger partial charge in [0, 0.05) is 18.2 Å². The van der Waals surface area contributed by atoms with Crippen molar-refractivity contribution in [2.75, 3.05) is 19.8 Å². The first-order valence-electron chi connectivity index (χ1n) is 6.78. The highest BCUT2D eigenvalue weighted by molar-refractivity contribution is 5.22. The standard InChI is InChI=1S/C13H21N3O/c1-2-10-12(9-4-3-5-9)16-13(15-10)11-8-17-7-6-14-11/h9,11,14H,2-8H2,1H3,(H,15,16). The van der Waals surface area contributed by atoms with E-state index >= 15 is 0 Å². The van der Waals surface area contributed by atoms with E-state index in [4.69, 9.17) is 9.72 Å². The normalized spacial score (nSPS) is 25.8. The summed E-state index contributed by atoms with van der Waals surface area (Å²) < 4.78 is 5.50. The largest absolute Gasteiger partial charge is 0.378 e. The zero-order valence-electron chi connectivity index (χ0n) is 10.5. The van der Waals surface area contributed by atoms with Gasteiger partial charge >= 0.3 is 0 Å². The maximum absolute atomic E-state index is 5.50. The molecule has 0 aromatic carbocycles. The molecule has 0 amide bonds. The molecule has 1 atom stereocenters. The molecule has 1 aromatic heterocycles. The van der Waals surface area contributed by atoms with E-state index in [0.717, 1.165) is 32.0 Å². The summed E-state index contributed by atoms with van der Waals surface area (Å²) in [6.45, 7) is 4.67. The molecule has 0 spiro atoms. The van der Waals surface area contributed by atoms with Gasteiger partial charge in [-0.1, -0.05) is 13.3 Å². The molecule has 1 aromatic rings. The highest BCUT2D eigenvalue weighted by Gasteiger charge is 2.27. The molecule has 1 saturated heterocycles. The lowest BCUT2D eigenvalue weighted by molar-refractivity contribution is 0.0744. The van der Waals surface area contributed by atoms with Gasteiger partial charge in [-0.15, -0.1) is 0 Å². The van der Waals surface area contributed by atoms with Gasteiger partial charge in [0.2, 0.25) is 0 Å². The van der Waals surface area contributed by atoms with E-state index in [0.29, 0.717) is 5.92 Å². The van der Waals surface area contributed by atoms with Crippen LogP contribution in [0.25, 0.3) is 0 Å². The van der Waals surface area contributed by atoms with Crippen LogP contribution in [0.4, 0.5) is 0 Å². The fourth-order valence-corrected chi connectivity index (χ4v) is 2.64. The topological polar surface area (TPSA) is 49.9 Å². The Hall–Kier alpha value is -0.870. The lowest BCUT2D eigenvalue weighted by Gasteiger charge is -2.24. The number of nitrogens with one attached hydrogen (secondary N) is 2. The van der Waals surface area contributed by atoms with E-state index in [1.807, 2.05) is 0 Å². The second kappa shape index (κ2) is 4.78. The Morgan fingerprint density at radius 2 is 2.29 bits per heavy atom. The number of H-pyrrole nitrogens is 1. The smallest absolute Gasteiger partial charge is 0.126 e. The molecule has 1 unspecified atom stereocenters. The van der Waals surface area contributed by atoms with E-state index in [-0.39, 0.29) is 6.04 Å². The molecular formula is C13H21N3O.